The Balaban J connectivity index is 1.63. The van der Waals surface area contributed by atoms with Crippen LogP contribution in [0.15, 0.2) is 30.6 Å². The van der Waals surface area contributed by atoms with Gasteiger partial charge in [0.15, 0.2) is 0 Å². The lowest BCUT2D eigenvalue weighted by Crippen LogP contribution is -2.44. The van der Waals surface area contributed by atoms with Crippen LogP contribution in [0.2, 0.25) is 0 Å². The largest absolute Gasteiger partial charge is 0.331 e. The summed E-state index contributed by atoms with van der Waals surface area (Å²) in [6, 6.07) is 11.3. The van der Waals surface area contributed by atoms with Gasteiger partial charge in [-0.05, 0) is 44.2 Å². The Kier molecular flexibility index (Phi) is 3.94. The van der Waals surface area contributed by atoms with E-state index in [1.54, 1.807) is 0 Å². The molecule has 0 spiro atoms. The summed E-state index contributed by atoms with van der Waals surface area (Å²) < 4.78 is 2.18. The SMILES string of the molecule is CCC(C#N)(CCCn1cnc2ccccc21)NC1CC1. The maximum atomic E-state index is 9.55. The molecule has 1 atom stereocenters. The van der Waals surface area contributed by atoms with E-state index in [1.807, 2.05) is 24.5 Å². The zero-order chi connectivity index (χ0) is 14.7. The van der Waals surface area contributed by atoms with Crippen molar-refractivity contribution in [3.05, 3.63) is 30.6 Å². The molecule has 0 bridgehead atoms. The molecule has 0 amide bonds. The number of aryl methyl sites for hydroxylation is 1. The van der Waals surface area contributed by atoms with Gasteiger partial charge in [0.25, 0.3) is 0 Å². The summed E-state index contributed by atoms with van der Waals surface area (Å²) in [4.78, 5) is 4.41. The summed E-state index contributed by atoms with van der Waals surface area (Å²) in [6.45, 7) is 3.02. The highest BCUT2D eigenvalue weighted by molar-refractivity contribution is 5.74. The van der Waals surface area contributed by atoms with Crippen LogP contribution in [0, 0.1) is 11.3 Å². The number of nitrogens with one attached hydrogen (secondary N) is 1. The maximum absolute atomic E-state index is 9.55. The fraction of sp³-hybridized carbons (Fsp3) is 0.529. The van der Waals surface area contributed by atoms with E-state index in [0.717, 1.165) is 31.3 Å². The predicted molar refractivity (Wildman–Crippen MR) is 83.8 cm³/mol. The number of hydrogen-bond donors (Lipinski definition) is 1. The van der Waals surface area contributed by atoms with E-state index in [0.29, 0.717) is 6.04 Å². The number of aromatic nitrogens is 2. The van der Waals surface area contributed by atoms with Crippen LogP contribution in [0.4, 0.5) is 0 Å². The molecular weight excluding hydrogens is 260 g/mol. The zero-order valence-electron chi connectivity index (χ0n) is 12.5. The molecule has 1 aliphatic rings. The summed E-state index contributed by atoms with van der Waals surface area (Å²) >= 11 is 0. The van der Waals surface area contributed by atoms with Crippen molar-refractivity contribution in [2.24, 2.45) is 0 Å². The number of fused-ring (bicyclic) bond motifs is 1. The molecule has 2 aromatic rings. The van der Waals surface area contributed by atoms with Gasteiger partial charge in [-0.1, -0.05) is 19.1 Å². The van der Waals surface area contributed by atoms with Crippen molar-refractivity contribution < 1.29 is 0 Å². The minimum absolute atomic E-state index is 0.350. The van der Waals surface area contributed by atoms with Crippen molar-refractivity contribution in [2.75, 3.05) is 0 Å². The first kappa shape index (κ1) is 14.1. The van der Waals surface area contributed by atoms with Gasteiger partial charge in [-0.15, -0.1) is 0 Å². The third kappa shape index (κ3) is 3.08. The standard InChI is InChI=1S/C17H22N4/c1-2-17(12-18,20-14-8-9-14)10-5-11-21-13-19-15-6-3-4-7-16(15)21/h3-4,6-7,13-14,20H,2,5,8-11H2,1H3. The van der Waals surface area contributed by atoms with Crippen molar-refractivity contribution in [3.8, 4) is 6.07 Å². The maximum Gasteiger partial charge on any atom is 0.106 e. The predicted octanol–water partition coefficient (Wildman–Crippen LogP) is 3.24. The lowest BCUT2D eigenvalue weighted by atomic mass is 9.91. The van der Waals surface area contributed by atoms with Crippen LogP contribution < -0.4 is 5.32 Å². The minimum Gasteiger partial charge on any atom is -0.331 e. The molecule has 3 rings (SSSR count). The lowest BCUT2D eigenvalue weighted by Gasteiger charge is -2.26. The molecular formula is C17H22N4. The average molecular weight is 282 g/mol. The van der Waals surface area contributed by atoms with E-state index < -0.39 is 0 Å². The van der Waals surface area contributed by atoms with Crippen LogP contribution in [0.3, 0.4) is 0 Å². The van der Waals surface area contributed by atoms with Crippen molar-refractivity contribution in [3.63, 3.8) is 0 Å². The molecule has 0 radical (unpaired) electrons. The summed E-state index contributed by atoms with van der Waals surface area (Å²) in [6.07, 6.45) is 7.08. The monoisotopic (exact) mass is 282 g/mol. The molecule has 1 aromatic heterocycles. The second-order valence-corrected chi connectivity index (χ2v) is 6.00. The molecule has 1 fully saturated rings. The second kappa shape index (κ2) is 5.87. The fourth-order valence-electron chi connectivity index (χ4n) is 2.88. The molecule has 1 aliphatic carbocycles. The highest BCUT2D eigenvalue weighted by atomic mass is 15.1. The number of benzene rings is 1. The second-order valence-electron chi connectivity index (χ2n) is 6.00. The highest BCUT2D eigenvalue weighted by Crippen LogP contribution is 2.27. The smallest absolute Gasteiger partial charge is 0.106 e. The molecule has 1 saturated carbocycles. The van der Waals surface area contributed by atoms with Crippen molar-refractivity contribution in [2.45, 2.75) is 57.2 Å². The molecule has 110 valence electrons. The third-order valence-electron chi connectivity index (χ3n) is 4.41. The van der Waals surface area contributed by atoms with Crippen molar-refractivity contribution >= 4 is 11.0 Å². The van der Waals surface area contributed by atoms with E-state index in [9.17, 15) is 5.26 Å². The Morgan fingerprint density at radius 3 is 2.95 bits per heavy atom. The van der Waals surface area contributed by atoms with E-state index in [-0.39, 0.29) is 5.54 Å². The van der Waals surface area contributed by atoms with E-state index in [2.05, 4.69) is 33.9 Å². The Morgan fingerprint density at radius 1 is 1.43 bits per heavy atom. The number of nitriles is 1. The number of hydrogen-bond acceptors (Lipinski definition) is 3. The van der Waals surface area contributed by atoms with Crippen molar-refractivity contribution in [1.82, 2.24) is 14.9 Å². The molecule has 1 heterocycles. The quantitative estimate of drug-likeness (QED) is 0.848. The van der Waals surface area contributed by atoms with Gasteiger partial charge in [0, 0.05) is 12.6 Å². The van der Waals surface area contributed by atoms with Gasteiger partial charge < -0.3 is 4.57 Å². The molecule has 1 N–H and O–H groups in total. The molecule has 4 nitrogen and oxygen atoms in total. The molecule has 4 heteroatoms. The van der Waals surface area contributed by atoms with Gasteiger partial charge in [0.1, 0.15) is 5.54 Å². The van der Waals surface area contributed by atoms with Crippen LogP contribution in [0.1, 0.15) is 39.0 Å². The Morgan fingerprint density at radius 2 is 2.24 bits per heavy atom. The summed E-state index contributed by atoms with van der Waals surface area (Å²) in [5, 5.41) is 13.1. The van der Waals surface area contributed by atoms with Crippen LogP contribution in [-0.4, -0.2) is 21.1 Å². The van der Waals surface area contributed by atoms with Crippen LogP contribution in [-0.2, 0) is 6.54 Å². The van der Waals surface area contributed by atoms with E-state index in [1.165, 1.54) is 18.4 Å². The molecule has 1 aromatic carbocycles. The van der Waals surface area contributed by atoms with Crippen LogP contribution >= 0.6 is 0 Å². The third-order valence-corrected chi connectivity index (χ3v) is 4.41. The normalized spacial score (nSPS) is 17.5. The molecule has 0 saturated heterocycles. The first-order valence-electron chi connectivity index (χ1n) is 7.85. The Bertz CT molecular complexity index is 650. The number of nitrogens with zero attached hydrogens (tertiary/aromatic N) is 3. The van der Waals surface area contributed by atoms with Gasteiger partial charge in [-0.2, -0.15) is 5.26 Å². The summed E-state index contributed by atoms with van der Waals surface area (Å²) in [5.74, 6) is 0. The van der Waals surface area contributed by atoms with Gasteiger partial charge in [-0.25, -0.2) is 4.98 Å². The van der Waals surface area contributed by atoms with Crippen LogP contribution in [0.25, 0.3) is 11.0 Å². The number of rotatable bonds is 7. The van der Waals surface area contributed by atoms with E-state index in [4.69, 9.17) is 0 Å². The topological polar surface area (TPSA) is 53.6 Å². The number of imidazole rings is 1. The summed E-state index contributed by atoms with van der Waals surface area (Å²) in [7, 11) is 0. The first-order valence-corrected chi connectivity index (χ1v) is 7.85. The molecule has 0 aliphatic heterocycles. The lowest BCUT2D eigenvalue weighted by molar-refractivity contribution is 0.352. The Hall–Kier alpha value is -1.86. The Labute approximate surface area is 125 Å². The number of para-hydroxylation sites is 2. The van der Waals surface area contributed by atoms with E-state index >= 15 is 0 Å². The zero-order valence-corrected chi connectivity index (χ0v) is 12.5. The molecule has 21 heavy (non-hydrogen) atoms. The average Bonchev–Trinajstić information content (AvgIpc) is 3.25. The van der Waals surface area contributed by atoms with Gasteiger partial charge in [0.2, 0.25) is 0 Å². The van der Waals surface area contributed by atoms with Crippen LogP contribution in [0.5, 0.6) is 0 Å². The minimum atomic E-state index is -0.350. The first-order chi connectivity index (χ1) is 10.3. The van der Waals surface area contributed by atoms with Gasteiger partial charge >= 0.3 is 0 Å². The highest BCUT2D eigenvalue weighted by Gasteiger charge is 2.34. The van der Waals surface area contributed by atoms with Gasteiger partial charge in [-0.3, -0.25) is 5.32 Å². The fourth-order valence-corrected chi connectivity index (χ4v) is 2.88. The van der Waals surface area contributed by atoms with Crippen molar-refractivity contribution in [1.29, 1.82) is 5.26 Å². The summed E-state index contributed by atoms with van der Waals surface area (Å²) in [5.41, 5.74) is 1.86. The van der Waals surface area contributed by atoms with Gasteiger partial charge in [0.05, 0.1) is 23.4 Å². The molecule has 1 unspecified atom stereocenters.